The molecule has 2 N–H and O–H groups in total. The Morgan fingerprint density at radius 1 is 1.31 bits per heavy atom. The van der Waals surface area contributed by atoms with Crippen LogP contribution in [0.4, 0.5) is 0 Å². The topological polar surface area (TPSA) is 49.6 Å². The van der Waals surface area contributed by atoms with Crippen molar-refractivity contribution in [2.45, 2.75) is 13.0 Å². The molecule has 0 aromatic rings. The summed E-state index contributed by atoms with van der Waals surface area (Å²) >= 11 is 0. The highest BCUT2D eigenvalue weighted by Gasteiger charge is 2.16. The molecule has 0 saturated carbocycles. The lowest BCUT2D eigenvalue weighted by molar-refractivity contribution is -0.109. The number of carbonyl (C=O) groups excluding carboxylic acids is 1. The molecule has 0 aromatic carbocycles. The Morgan fingerprint density at radius 3 is 2.31 bits per heavy atom. The molecule has 0 amide bonds. The van der Waals surface area contributed by atoms with Gasteiger partial charge in [-0.15, -0.1) is 0 Å². The summed E-state index contributed by atoms with van der Waals surface area (Å²) in [4.78, 5) is 14.8. The Bertz CT molecular complexity index is 153. The van der Waals surface area contributed by atoms with Gasteiger partial charge in [0.15, 0.2) is 0 Å². The highest BCUT2D eigenvalue weighted by Crippen LogP contribution is 2.00. The zero-order valence-corrected chi connectivity index (χ0v) is 8.28. The minimum absolute atomic E-state index is 0.248. The van der Waals surface area contributed by atoms with Gasteiger partial charge in [0, 0.05) is 38.8 Å². The van der Waals surface area contributed by atoms with Crippen LogP contribution in [0.5, 0.6) is 0 Å². The van der Waals surface area contributed by atoms with Crippen molar-refractivity contribution < 1.29 is 4.79 Å². The molecule has 1 saturated heterocycles. The van der Waals surface area contributed by atoms with E-state index in [4.69, 9.17) is 5.73 Å². The van der Waals surface area contributed by atoms with E-state index < -0.39 is 0 Å². The number of hydrogen-bond acceptors (Lipinski definition) is 4. The minimum Gasteiger partial charge on any atom is -0.327 e. The zero-order chi connectivity index (χ0) is 9.68. The molecule has 1 fully saturated rings. The van der Waals surface area contributed by atoms with Gasteiger partial charge in [0.25, 0.3) is 0 Å². The first kappa shape index (κ1) is 10.6. The first-order valence-electron chi connectivity index (χ1n) is 4.86. The van der Waals surface area contributed by atoms with Gasteiger partial charge in [-0.25, -0.2) is 0 Å². The molecule has 1 aliphatic heterocycles. The summed E-state index contributed by atoms with van der Waals surface area (Å²) in [5.74, 6) is 0. The summed E-state index contributed by atoms with van der Waals surface area (Å²) in [6.07, 6.45) is 0.973. The molecule has 1 atom stereocenters. The first-order valence-corrected chi connectivity index (χ1v) is 4.86. The molecule has 13 heavy (non-hydrogen) atoms. The Balaban J connectivity index is 2.18. The van der Waals surface area contributed by atoms with Crippen molar-refractivity contribution in [2.75, 3.05) is 39.3 Å². The summed E-state index contributed by atoms with van der Waals surface area (Å²) in [7, 11) is 0. The van der Waals surface area contributed by atoms with Gasteiger partial charge < -0.3 is 10.5 Å². The lowest BCUT2D eigenvalue weighted by Crippen LogP contribution is -2.49. The fourth-order valence-corrected chi connectivity index (χ4v) is 1.67. The van der Waals surface area contributed by atoms with Gasteiger partial charge in [0.1, 0.15) is 6.29 Å². The highest BCUT2D eigenvalue weighted by atomic mass is 16.1. The molecule has 4 heteroatoms. The SMILES string of the molecule is CC(N)CN1CCN(CC=O)CC1. The van der Waals surface area contributed by atoms with Crippen LogP contribution in [0.3, 0.4) is 0 Å². The van der Waals surface area contributed by atoms with Gasteiger partial charge in [0.2, 0.25) is 0 Å². The van der Waals surface area contributed by atoms with Crippen LogP contribution in [0.25, 0.3) is 0 Å². The Hall–Kier alpha value is -0.450. The fraction of sp³-hybridized carbons (Fsp3) is 0.889. The van der Waals surface area contributed by atoms with E-state index in [1.54, 1.807) is 0 Å². The summed E-state index contributed by atoms with van der Waals surface area (Å²) in [6.45, 7) is 7.63. The van der Waals surface area contributed by atoms with E-state index in [0.717, 1.165) is 39.0 Å². The van der Waals surface area contributed by atoms with Crippen LogP contribution in [0.15, 0.2) is 0 Å². The number of nitrogens with two attached hydrogens (primary N) is 1. The lowest BCUT2D eigenvalue weighted by atomic mass is 10.2. The second kappa shape index (κ2) is 5.32. The van der Waals surface area contributed by atoms with Crippen molar-refractivity contribution in [3.05, 3.63) is 0 Å². The van der Waals surface area contributed by atoms with Crippen molar-refractivity contribution in [3.8, 4) is 0 Å². The van der Waals surface area contributed by atoms with E-state index in [1.807, 2.05) is 6.92 Å². The third kappa shape index (κ3) is 3.85. The van der Waals surface area contributed by atoms with Gasteiger partial charge in [-0.2, -0.15) is 0 Å². The van der Waals surface area contributed by atoms with Crippen molar-refractivity contribution in [1.29, 1.82) is 0 Å². The molecule has 4 nitrogen and oxygen atoms in total. The van der Waals surface area contributed by atoms with Gasteiger partial charge in [0.05, 0.1) is 6.54 Å². The number of hydrogen-bond donors (Lipinski definition) is 1. The molecule has 1 aliphatic rings. The number of rotatable bonds is 4. The summed E-state index contributed by atoms with van der Waals surface area (Å²) < 4.78 is 0. The van der Waals surface area contributed by atoms with Crippen molar-refractivity contribution in [1.82, 2.24) is 9.80 Å². The highest BCUT2D eigenvalue weighted by molar-refractivity contribution is 5.51. The molecule has 0 aliphatic carbocycles. The van der Waals surface area contributed by atoms with Crippen LogP contribution < -0.4 is 5.73 Å². The van der Waals surface area contributed by atoms with E-state index in [2.05, 4.69) is 9.80 Å². The molecule has 0 aromatic heterocycles. The third-order valence-corrected chi connectivity index (χ3v) is 2.34. The van der Waals surface area contributed by atoms with Crippen LogP contribution >= 0.6 is 0 Å². The van der Waals surface area contributed by atoms with Gasteiger partial charge in [-0.3, -0.25) is 9.80 Å². The number of piperazine rings is 1. The Labute approximate surface area is 79.7 Å². The summed E-state index contributed by atoms with van der Waals surface area (Å²) in [5.41, 5.74) is 5.71. The molecule has 0 bridgehead atoms. The average Bonchev–Trinajstić information content (AvgIpc) is 2.08. The van der Waals surface area contributed by atoms with Crippen molar-refractivity contribution >= 4 is 6.29 Å². The second-order valence-electron chi connectivity index (χ2n) is 3.75. The summed E-state index contributed by atoms with van der Waals surface area (Å²) in [6, 6.07) is 0.248. The average molecular weight is 185 g/mol. The van der Waals surface area contributed by atoms with E-state index in [-0.39, 0.29) is 6.04 Å². The Kier molecular flexibility index (Phi) is 4.35. The normalized spacial score (nSPS) is 22.9. The standard InChI is InChI=1S/C9H19N3O/c1-9(10)8-12-4-2-11(3-5-12)6-7-13/h7,9H,2-6,8,10H2,1H3. The molecule has 0 radical (unpaired) electrons. The largest absolute Gasteiger partial charge is 0.327 e. The fourth-order valence-electron chi connectivity index (χ4n) is 1.67. The minimum atomic E-state index is 0.248. The van der Waals surface area contributed by atoms with Gasteiger partial charge >= 0.3 is 0 Å². The second-order valence-corrected chi connectivity index (χ2v) is 3.75. The zero-order valence-electron chi connectivity index (χ0n) is 8.28. The molecular weight excluding hydrogens is 166 g/mol. The Morgan fingerprint density at radius 2 is 1.85 bits per heavy atom. The van der Waals surface area contributed by atoms with Crippen molar-refractivity contribution in [2.24, 2.45) is 5.73 Å². The molecule has 1 rings (SSSR count). The lowest BCUT2D eigenvalue weighted by Gasteiger charge is -2.34. The van der Waals surface area contributed by atoms with E-state index in [9.17, 15) is 4.79 Å². The van der Waals surface area contributed by atoms with Gasteiger partial charge in [-0.1, -0.05) is 0 Å². The number of nitrogens with zero attached hydrogens (tertiary/aromatic N) is 2. The third-order valence-electron chi connectivity index (χ3n) is 2.34. The first-order chi connectivity index (χ1) is 6.22. The summed E-state index contributed by atoms with van der Waals surface area (Å²) in [5, 5.41) is 0. The maximum Gasteiger partial charge on any atom is 0.133 e. The van der Waals surface area contributed by atoms with Crippen LogP contribution in [-0.4, -0.2) is 61.4 Å². The molecule has 0 spiro atoms. The maximum atomic E-state index is 10.3. The van der Waals surface area contributed by atoms with E-state index in [0.29, 0.717) is 6.54 Å². The monoisotopic (exact) mass is 185 g/mol. The smallest absolute Gasteiger partial charge is 0.133 e. The van der Waals surface area contributed by atoms with Crippen molar-refractivity contribution in [3.63, 3.8) is 0 Å². The molecule has 1 heterocycles. The molecule has 1 unspecified atom stereocenters. The van der Waals surface area contributed by atoms with Crippen LogP contribution in [0.2, 0.25) is 0 Å². The number of aldehydes is 1. The van der Waals surface area contributed by atoms with E-state index in [1.165, 1.54) is 0 Å². The molecule has 76 valence electrons. The van der Waals surface area contributed by atoms with Gasteiger partial charge in [-0.05, 0) is 6.92 Å². The molecular formula is C9H19N3O. The van der Waals surface area contributed by atoms with Crippen LogP contribution in [0.1, 0.15) is 6.92 Å². The maximum absolute atomic E-state index is 10.3. The predicted octanol–water partition coefficient (Wildman–Crippen LogP) is -0.850. The predicted molar refractivity (Wildman–Crippen MR) is 52.6 cm³/mol. The van der Waals surface area contributed by atoms with E-state index >= 15 is 0 Å². The van der Waals surface area contributed by atoms with Crippen LogP contribution in [-0.2, 0) is 4.79 Å². The quantitative estimate of drug-likeness (QED) is 0.580. The van der Waals surface area contributed by atoms with Crippen LogP contribution in [0, 0.1) is 0 Å². The number of carbonyl (C=O) groups is 1.